The van der Waals surface area contributed by atoms with Crippen LogP contribution in [0.15, 0.2) is 0 Å². The molecule has 0 aromatic carbocycles. The molecule has 0 aromatic heterocycles. The minimum absolute atomic E-state index is 0.260. The zero-order valence-electron chi connectivity index (χ0n) is 14.6. The largest absolute Gasteiger partial charge is 0.381 e. The van der Waals surface area contributed by atoms with E-state index >= 15 is 0 Å². The van der Waals surface area contributed by atoms with Gasteiger partial charge in [0.15, 0.2) is 0 Å². The molecular formula is C15H28O7P2S. The van der Waals surface area contributed by atoms with Gasteiger partial charge in [0.1, 0.15) is 0 Å². The molecule has 3 N–H and O–H groups in total. The summed E-state index contributed by atoms with van der Waals surface area (Å²) in [5.41, 5.74) is 0. The highest BCUT2D eigenvalue weighted by atomic mass is 32.2. The molecule has 0 amide bonds. The monoisotopic (exact) mass is 414 g/mol. The quantitative estimate of drug-likeness (QED) is 0.182. The van der Waals surface area contributed by atoms with Gasteiger partial charge < -0.3 is 14.9 Å². The highest BCUT2D eigenvalue weighted by Gasteiger charge is 2.46. The fourth-order valence-corrected chi connectivity index (χ4v) is 3.99. The van der Waals surface area contributed by atoms with E-state index in [1.54, 1.807) is 11.2 Å². The summed E-state index contributed by atoms with van der Waals surface area (Å²) < 4.78 is 45.1. The predicted octanol–water partition coefficient (Wildman–Crippen LogP) is 3.40. The van der Waals surface area contributed by atoms with E-state index < -0.39 is 31.0 Å². The fourth-order valence-electron chi connectivity index (χ4n) is 2.13. The van der Waals surface area contributed by atoms with Crippen molar-refractivity contribution in [2.75, 3.05) is 5.75 Å². The maximum atomic E-state index is 11.7. The maximum Gasteiger partial charge on any atom is 0.381 e. The number of sulfone groups is 1. The molecule has 0 heterocycles. The average Bonchev–Trinajstić information content (AvgIpc) is 2.53. The van der Waals surface area contributed by atoms with Crippen LogP contribution in [0.1, 0.15) is 71.1 Å². The molecule has 0 rings (SSSR count). The first-order valence-corrected chi connectivity index (χ1v) is 12.5. The number of aliphatic hydroxyl groups is 1. The molecule has 0 radical (unpaired) electrons. The second kappa shape index (κ2) is 12.2. The Morgan fingerprint density at radius 3 is 1.80 bits per heavy atom. The number of rotatable bonds is 13. The third kappa shape index (κ3) is 11.1. The van der Waals surface area contributed by atoms with Gasteiger partial charge in [0.2, 0.25) is 18.3 Å². The summed E-state index contributed by atoms with van der Waals surface area (Å²) in [6, 6.07) is 0. The summed E-state index contributed by atoms with van der Waals surface area (Å²) in [7, 11) is -10.5. The summed E-state index contributed by atoms with van der Waals surface area (Å²) in [5, 5.41) is 7.92. The average molecular weight is 414 g/mol. The van der Waals surface area contributed by atoms with Crippen LogP contribution in [0.5, 0.6) is 0 Å². The lowest BCUT2D eigenvalue weighted by Gasteiger charge is -2.14. The van der Waals surface area contributed by atoms with Gasteiger partial charge in [0.25, 0.3) is 0 Å². The molecule has 0 aliphatic carbocycles. The first-order valence-electron chi connectivity index (χ1n) is 8.47. The molecule has 0 spiro atoms. The van der Waals surface area contributed by atoms with Gasteiger partial charge >= 0.3 is 12.7 Å². The summed E-state index contributed by atoms with van der Waals surface area (Å²) in [6.07, 6.45) is 10.4. The molecular weight excluding hydrogens is 386 g/mol. The van der Waals surface area contributed by atoms with Crippen LogP contribution >= 0.6 is 16.1 Å². The van der Waals surface area contributed by atoms with E-state index in [1.165, 1.54) is 32.1 Å². The molecule has 7 nitrogen and oxygen atoms in total. The molecule has 0 aliphatic rings. The standard InChI is InChI=1S/C15H28O7P2S/c1-2-3-4-5-6-7-8-9-10-11-13-25(21,22)14-12-15(16,23-17)24(18,19)20/h16H,2-11,13H2,1H3,(H2,18,19,20). The van der Waals surface area contributed by atoms with Crippen LogP contribution < -0.4 is 0 Å². The maximum absolute atomic E-state index is 11.7. The van der Waals surface area contributed by atoms with E-state index in [-0.39, 0.29) is 5.75 Å². The van der Waals surface area contributed by atoms with Crippen LogP contribution in [-0.4, -0.2) is 34.1 Å². The predicted molar refractivity (Wildman–Crippen MR) is 98.0 cm³/mol. The van der Waals surface area contributed by atoms with Crippen LogP contribution in [-0.2, 0) is 19.0 Å². The first kappa shape index (κ1) is 24.7. The van der Waals surface area contributed by atoms with Crippen molar-refractivity contribution in [3.8, 4) is 11.2 Å². The highest BCUT2D eigenvalue weighted by molar-refractivity contribution is 7.96. The van der Waals surface area contributed by atoms with E-state index in [1.807, 2.05) is 0 Å². The molecule has 0 bridgehead atoms. The topological polar surface area (TPSA) is 129 Å². The fraction of sp³-hybridized carbons (Fsp3) is 0.867. The Kier molecular flexibility index (Phi) is 12.0. The van der Waals surface area contributed by atoms with Crippen molar-refractivity contribution in [1.82, 2.24) is 0 Å². The molecule has 0 saturated carbocycles. The van der Waals surface area contributed by atoms with Crippen LogP contribution in [0.3, 0.4) is 0 Å². The Balaban J connectivity index is 4.14. The molecule has 25 heavy (non-hydrogen) atoms. The van der Waals surface area contributed by atoms with Crippen LogP contribution in [0.4, 0.5) is 0 Å². The Morgan fingerprint density at radius 1 is 0.960 bits per heavy atom. The normalized spacial score (nSPS) is 14.7. The Labute approximate surface area is 151 Å². The van der Waals surface area contributed by atoms with Gasteiger partial charge in [0, 0.05) is 5.25 Å². The minimum atomic E-state index is -5.24. The number of hydrogen-bond donors (Lipinski definition) is 3. The Bertz CT molecular complexity index is 603. The lowest BCUT2D eigenvalue weighted by atomic mass is 10.1. The zero-order chi connectivity index (χ0) is 19.4. The lowest BCUT2D eigenvalue weighted by Crippen LogP contribution is -2.19. The number of hydrogen-bond acceptors (Lipinski definition) is 5. The molecule has 10 heteroatoms. The van der Waals surface area contributed by atoms with Gasteiger partial charge in [-0.1, -0.05) is 64.7 Å². The van der Waals surface area contributed by atoms with Crippen LogP contribution in [0, 0.1) is 11.2 Å². The summed E-state index contributed by atoms with van der Waals surface area (Å²) in [5.74, 6) is 1.28. The second-order valence-electron chi connectivity index (χ2n) is 6.00. The SMILES string of the molecule is CCCCCCCCCCCCS(=O)(=O)C#CC(O)(P=O)P(=O)(O)O. The third-order valence-electron chi connectivity index (χ3n) is 3.67. The van der Waals surface area contributed by atoms with Gasteiger partial charge in [-0.25, -0.2) is 8.42 Å². The molecule has 1 unspecified atom stereocenters. The first-order chi connectivity index (χ1) is 11.6. The van der Waals surface area contributed by atoms with E-state index in [4.69, 9.17) is 9.79 Å². The zero-order valence-corrected chi connectivity index (χ0v) is 17.2. The summed E-state index contributed by atoms with van der Waals surface area (Å²) in [6.45, 7) is 2.17. The van der Waals surface area contributed by atoms with Gasteiger partial charge in [-0.05, 0) is 12.3 Å². The van der Waals surface area contributed by atoms with Crippen molar-refractivity contribution in [3.63, 3.8) is 0 Å². The van der Waals surface area contributed by atoms with E-state index in [0.29, 0.717) is 6.42 Å². The smallest absolute Gasteiger partial charge is 0.358 e. The van der Waals surface area contributed by atoms with Gasteiger partial charge in [-0.15, -0.1) is 0 Å². The van der Waals surface area contributed by atoms with Crippen molar-refractivity contribution >= 4 is 25.9 Å². The summed E-state index contributed by atoms with van der Waals surface area (Å²) in [4.78, 5) is 17.7. The van der Waals surface area contributed by atoms with Crippen molar-refractivity contribution in [2.24, 2.45) is 0 Å². The lowest BCUT2D eigenvalue weighted by molar-refractivity contribution is 0.214. The van der Waals surface area contributed by atoms with E-state index in [0.717, 1.165) is 25.7 Å². The van der Waals surface area contributed by atoms with Crippen molar-refractivity contribution in [3.05, 3.63) is 0 Å². The van der Waals surface area contributed by atoms with Crippen LogP contribution in [0.2, 0.25) is 0 Å². The molecule has 0 aliphatic heterocycles. The van der Waals surface area contributed by atoms with Gasteiger partial charge in [-0.2, -0.15) is 0 Å². The molecule has 0 aromatic rings. The molecule has 146 valence electrons. The Morgan fingerprint density at radius 2 is 1.40 bits per heavy atom. The van der Waals surface area contributed by atoms with Gasteiger partial charge in [-0.3, -0.25) is 9.13 Å². The molecule has 0 fully saturated rings. The summed E-state index contributed by atoms with van der Waals surface area (Å²) >= 11 is 0. The van der Waals surface area contributed by atoms with Crippen molar-refractivity contribution in [1.29, 1.82) is 0 Å². The number of unbranched alkanes of at least 4 members (excludes halogenated alkanes) is 9. The van der Waals surface area contributed by atoms with Crippen LogP contribution in [0.25, 0.3) is 0 Å². The van der Waals surface area contributed by atoms with E-state index in [9.17, 15) is 22.7 Å². The molecule has 1 atom stereocenters. The van der Waals surface area contributed by atoms with Crippen molar-refractivity contribution < 1.29 is 32.4 Å². The second-order valence-corrected chi connectivity index (χ2v) is 10.8. The van der Waals surface area contributed by atoms with E-state index in [2.05, 4.69) is 6.92 Å². The third-order valence-corrected chi connectivity index (χ3v) is 7.23. The Hall–Kier alpha value is -0.280. The highest BCUT2D eigenvalue weighted by Crippen LogP contribution is 2.54. The van der Waals surface area contributed by atoms with Gasteiger partial charge in [0.05, 0.1) is 5.75 Å². The minimum Gasteiger partial charge on any atom is -0.358 e. The molecule has 0 saturated heterocycles. The van der Waals surface area contributed by atoms with Crippen molar-refractivity contribution in [2.45, 2.75) is 76.2 Å².